The molecule has 22 heavy (non-hydrogen) atoms. The van der Waals surface area contributed by atoms with E-state index in [9.17, 15) is 4.79 Å². The maximum absolute atomic E-state index is 12.0. The first-order valence-electron chi connectivity index (χ1n) is 7.96. The molecule has 2 fully saturated rings. The van der Waals surface area contributed by atoms with E-state index in [1.807, 2.05) is 20.8 Å². The summed E-state index contributed by atoms with van der Waals surface area (Å²) in [7, 11) is 0. The van der Waals surface area contributed by atoms with Gasteiger partial charge >= 0.3 is 6.09 Å². The lowest BCUT2D eigenvalue weighted by molar-refractivity contribution is 0.0289. The molecule has 3 rings (SSSR count). The van der Waals surface area contributed by atoms with Crippen molar-refractivity contribution in [2.75, 3.05) is 25.0 Å². The Morgan fingerprint density at radius 1 is 1.36 bits per heavy atom. The summed E-state index contributed by atoms with van der Waals surface area (Å²) in [5, 5.41) is 13.8. The summed E-state index contributed by atoms with van der Waals surface area (Å²) >= 11 is 1.66. The molecule has 0 spiro atoms. The van der Waals surface area contributed by atoms with Crippen LogP contribution in [0.1, 0.15) is 51.0 Å². The molecule has 1 aliphatic heterocycles. The molecule has 1 amide bonds. The molecule has 1 aliphatic carbocycles. The van der Waals surface area contributed by atoms with Gasteiger partial charge in [-0.2, -0.15) is 0 Å². The third kappa shape index (κ3) is 4.09. The average molecular weight is 324 g/mol. The SMILES string of the molecule is CC(C)(C)OC(=O)N1CCC(CNc2nnc(C3CC3)s2)C1. The summed E-state index contributed by atoms with van der Waals surface area (Å²) in [6.07, 6.45) is 3.30. The van der Waals surface area contributed by atoms with Crippen molar-refractivity contribution in [3.63, 3.8) is 0 Å². The Hall–Kier alpha value is -1.37. The Balaban J connectivity index is 1.43. The second-order valence-electron chi connectivity index (χ2n) is 7.18. The fraction of sp³-hybridized carbons (Fsp3) is 0.800. The zero-order chi connectivity index (χ0) is 15.7. The van der Waals surface area contributed by atoms with Crippen molar-refractivity contribution >= 4 is 22.6 Å². The summed E-state index contributed by atoms with van der Waals surface area (Å²) in [4.78, 5) is 13.8. The fourth-order valence-corrected chi connectivity index (χ4v) is 3.44. The lowest BCUT2D eigenvalue weighted by Crippen LogP contribution is -2.35. The van der Waals surface area contributed by atoms with Crippen molar-refractivity contribution in [3.8, 4) is 0 Å². The van der Waals surface area contributed by atoms with E-state index in [0.717, 1.165) is 36.2 Å². The van der Waals surface area contributed by atoms with Crippen molar-refractivity contribution < 1.29 is 9.53 Å². The number of nitrogens with zero attached hydrogens (tertiary/aromatic N) is 3. The summed E-state index contributed by atoms with van der Waals surface area (Å²) in [5.74, 6) is 1.10. The van der Waals surface area contributed by atoms with Gasteiger partial charge in [-0.1, -0.05) is 11.3 Å². The molecule has 1 atom stereocenters. The van der Waals surface area contributed by atoms with Gasteiger partial charge in [0.2, 0.25) is 5.13 Å². The van der Waals surface area contributed by atoms with Crippen LogP contribution in [0.3, 0.4) is 0 Å². The first-order valence-corrected chi connectivity index (χ1v) is 8.77. The van der Waals surface area contributed by atoms with Gasteiger partial charge in [0.15, 0.2) is 0 Å². The van der Waals surface area contributed by atoms with Crippen LogP contribution in [0.25, 0.3) is 0 Å². The standard InChI is InChI=1S/C15H24N4O2S/c1-15(2,3)21-14(20)19-7-6-10(9-19)8-16-13-18-17-12(22-13)11-4-5-11/h10-11H,4-9H2,1-3H3,(H,16,18). The highest BCUT2D eigenvalue weighted by molar-refractivity contribution is 7.15. The molecule has 1 unspecified atom stereocenters. The van der Waals surface area contributed by atoms with Crippen LogP contribution in [0, 0.1) is 5.92 Å². The van der Waals surface area contributed by atoms with Crippen LogP contribution >= 0.6 is 11.3 Å². The van der Waals surface area contributed by atoms with Crippen LogP contribution in [0.2, 0.25) is 0 Å². The predicted octanol–water partition coefficient (Wildman–Crippen LogP) is 3.08. The van der Waals surface area contributed by atoms with Crippen molar-refractivity contribution in [3.05, 3.63) is 5.01 Å². The highest BCUT2D eigenvalue weighted by Gasteiger charge is 2.30. The summed E-state index contributed by atoms with van der Waals surface area (Å²) in [6, 6.07) is 0. The van der Waals surface area contributed by atoms with Gasteiger partial charge in [-0.05, 0) is 46.0 Å². The van der Waals surface area contributed by atoms with Gasteiger partial charge in [0, 0.05) is 25.6 Å². The van der Waals surface area contributed by atoms with Crippen LogP contribution in [-0.2, 0) is 4.74 Å². The number of nitrogens with one attached hydrogen (secondary N) is 1. The Morgan fingerprint density at radius 3 is 2.82 bits per heavy atom. The maximum atomic E-state index is 12.0. The predicted molar refractivity (Wildman–Crippen MR) is 86.3 cm³/mol. The van der Waals surface area contributed by atoms with Gasteiger partial charge in [-0.3, -0.25) is 0 Å². The number of carbonyl (C=O) groups excluding carboxylic acids is 1. The van der Waals surface area contributed by atoms with Crippen molar-refractivity contribution in [2.24, 2.45) is 5.92 Å². The number of rotatable bonds is 4. The normalized spacial score (nSPS) is 22.0. The van der Waals surface area contributed by atoms with E-state index >= 15 is 0 Å². The van der Waals surface area contributed by atoms with Gasteiger partial charge in [0.25, 0.3) is 0 Å². The van der Waals surface area contributed by atoms with E-state index in [1.165, 1.54) is 12.8 Å². The third-order valence-electron chi connectivity index (χ3n) is 3.85. The minimum atomic E-state index is -0.431. The highest BCUT2D eigenvalue weighted by Crippen LogP contribution is 2.42. The molecule has 2 heterocycles. The molecule has 0 bridgehead atoms. The summed E-state index contributed by atoms with van der Waals surface area (Å²) < 4.78 is 5.42. The minimum absolute atomic E-state index is 0.207. The highest BCUT2D eigenvalue weighted by atomic mass is 32.1. The monoisotopic (exact) mass is 324 g/mol. The molecule has 6 nitrogen and oxygen atoms in total. The van der Waals surface area contributed by atoms with Crippen molar-refractivity contribution in [1.82, 2.24) is 15.1 Å². The molecule has 1 saturated heterocycles. The summed E-state index contributed by atoms with van der Waals surface area (Å²) in [5.41, 5.74) is -0.431. The van der Waals surface area contributed by atoms with Gasteiger partial charge < -0.3 is 15.0 Å². The molecule has 1 N–H and O–H groups in total. The van der Waals surface area contributed by atoms with Crippen LogP contribution in [0.15, 0.2) is 0 Å². The molecule has 0 radical (unpaired) electrons. The van der Waals surface area contributed by atoms with E-state index in [-0.39, 0.29) is 6.09 Å². The number of ether oxygens (including phenoxy) is 1. The molecule has 0 aromatic carbocycles. The van der Waals surface area contributed by atoms with Gasteiger partial charge in [0.05, 0.1) is 0 Å². The zero-order valence-electron chi connectivity index (χ0n) is 13.5. The van der Waals surface area contributed by atoms with E-state index in [0.29, 0.717) is 11.8 Å². The smallest absolute Gasteiger partial charge is 0.410 e. The van der Waals surface area contributed by atoms with Crippen molar-refractivity contribution in [1.29, 1.82) is 0 Å². The fourth-order valence-electron chi connectivity index (χ4n) is 2.52. The molecule has 1 saturated carbocycles. The Labute approximate surface area is 135 Å². The number of anilines is 1. The first kappa shape index (κ1) is 15.5. The van der Waals surface area contributed by atoms with Gasteiger partial charge in [-0.15, -0.1) is 10.2 Å². The Morgan fingerprint density at radius 2 is 2.14 bits per heavy atom. The molecule has 1 aromatic rings. The van der Waals surface area contributed by atoms with E-state index in [4.69, 9.17) is 4.74 Å². The second kappa shape index (κ2) is 6.02. The van der Waals surface area contributed by atoms with Gasteiger partial charge in [-0.25, -0.2) is 4.79 Å². The van der Waals surface area contributed by atoms with E-state index < -0.39 is 5.60 Å². The quantitative estimate of drug-likeness (QED) is 0.922. The third-order valence-corrected chi connectivity index (χ3v) is 4.89. The van der Waals surface area contributed by atoms with Crippen LogP contribution in [0.5, 0.6) is 0 Å². The molecule has 2 aliphatic rings. The number of amides is 1. The number of hydrogen-bond acceptors (Lipinski definition) is 6. The number of likely N-dealkylation sites (tertiary alicyclic amines) is 1. The summed E-state index contributed by atoms with van der Waals surface area (Å²) in [6.45, 7) is 8.03. The molecular formula is C15H24N4O2S. The Bertz CT molecular complexity index is 536. The Kier molecular flexibility index (Phi) is 4.25. The molecule has 7 heteroatoms. The van der Waals surface area contributed by atoms with Crippen molar-refractivity contribution in [2.45, 2.75) is 51.6 Å². The first-order chi connectivity index (χ1) is 10.4. The van der Waals surface area contributed by atoms with E-state index in [2.05, 4.69) is 15.5 Å². The average Bonchev–Trinajstić information content (AvgIpc) is 2.99. The lowest BCUT2D eigenvalue weighted by Gasteiger charge is -2.24. The maximum Gasteiger partial charge on any atom is 0.410 e. The zero-order valence-corrected chi connectivity index (χ0v) is 14.3. The number of aromatic nitrogens is 2. The number of hydrogen-bond donors (Lipinski definition) is 1. The second-order valence-corrected chi connectivity index (χ2v) is 8.19. The van der Waals surface area contributed by atoms with Crippen LogP contribution in [0.4, 0.5) is 9.93 Å². The van der Waals surface area contributed by atoms with Crippen LogP contribution < -0.4 is 5.32 Å². The minimum Gasteiger partial charge on any atom is -0.444 e. The lowest BCUT2D eigenvalue weighted by atomic mass is 10.1. The molecular weight excluding hydrogens is 300 g/mol. The number of carbonyl (C=O) groups is 1. The molecule has 1 aromatic heterocycles. The van der Waals surface area contributed by atoms with E-state index in [1.54, 1.807) is 16.2 Å². The molecule has 122 valence electrons. The topological polar surface area (TPSA) is 67.3 Å². The van der Waals surface area contributed by atoms with Crippen LogP contribution in [-0.4, -0.2) is 46.4 Å². The van der Waals surface area contributed by atoms with Gasteiger partial charge in [0.1, 0.15) is 10.6 Å². The largest absolute Gasteiger partial charge is 0.444 e.